The van der Waals surface area contributed by atoms with Gasteiger partial charge in [0.1, 0.15) is 23.1 Å². The molecule has 0 bridgehead atoms. The Morgan fingerprint density at radius 1 is 1.16 bits per heavy atom. The Kier molecular flexibility index (Phi) is 6.55. The molecule has 3 rings (SSSR count). The maximum atomic E-state index is 14.0. The minimum absolute atomic E-state index is 0.0755. The van der Waals surface area contributed by atoms with Crippen LogP contribution >= 0.6 is 11.6 Å². The number of aromatic nitrogens is 2. The summed E-state index contributed by atoms with van der Waals surface area (Å²) in [5, 5.41) is 2.98. The molecule has 32 heavy (non-hydrogen) atoms. The molecule has 1 aromatic heterocycles. The van der Waals surface area contributed by atoms with E-state index >= 15 is 0 Å². The topological polar surface area (TPSA) is 73.2 Å². The molecule has 0 aliphatic heterocycles. The van der Waals surface area contributed by atoms with E-state index in [0.29, 0.717) is 11.6 Å². The van der Waals surface area contributed by atoms with Crippen LogP contribution in [0.1, 0.15) is 46.5 Å². The number of benzene rings is 2. The minimum atomic E-state index is -0.863. The zero-order valence-electron chi connectivity index (χ0n) is 18.4. The lowest BCUT2D eigenvalue weighted by atomic mass is 10.0. The van der Waals surface area contributed by atoms with Crippen LogP contribution in [0.4, 0.5) is 13.6 Å². The van der Waals surface area contributed by atoms with E-state index in [1.165, 1.54) is 6.07 Å². The van der Waals surface area contributed by atoms with Crippen molar-refractivity contribution in [2.24, 2.45) is 5.92 Å². The van der Waals surface area contributed by atoms with Gasteiger partial charge in [0.25, 0.3) is 5.56 Å². The number of amides is 1. The van der Waals surface area contributed by atoms with Crippen LogP contribution in [0.3, 0.4) is 0 Å². The van der Waals surface area contributed by atoms with Crippen molar-refractivity contribution in [2.75, 3.05) is 0 Å². The van der Waals surface area contributed by atoms with E-state index < -0.39 is 34.9 Å². The highest BCUT2D eigenvalue weighted by molar-refractivity contribution is 6.35. The molecule has 1 atom stereocenters. The van der Waals surface area contributed by atoms with E-state index in [0.717, 1.165) is 16.7 Å². The van der Waals surface area contributed by atoms with Crippen LogP contribution in [0.2, 0.25) is 5.02 Å². The molecule has 6 nitrogen and oxygen atoms in total. The number of carbonyl (C=O) groups is 1. The predicted octanol–water partition coefficient (Wildman–Crippen LogP) is 5.54. The van der Waals surface area contributed by atoms with Crippen LogP contribution in [-0.4, -0.2) is 21.2 Å². The van der Waals surface area contributed by atoms with Gasteiger partial charge in [0.2, 0.25) is 0 Å². The lowest BCUT2D eigenvalue weighted by Gasteiger charge is -2.27. The third-order valence-electron chi connectivity index (χ3n) is 4.60. The van der Waals surface area contributed by atoms with Gasteiger partial charge in [-0.2, -0.15) is 0 Å². The van der Waals surface area contributed by atoms with Crippen molar-refractivity contribution in [3.63, 3.8) is 0 Å². The predicted molar refractivity (Wildman–Crippen MR) is 119 cm³/mol. The van der Waals surface area contributed by atoms with Gasteiger partial charge in [-0.05, 0) is 51.0 Å². The van der Waals surface area contributed by atoms with Crippen LogP contribution < -0.4 is 10.9 Å². The third kappa shape index (κ3) is 5.07. The number of halogens is 3. The second-order valence-electron chi connectivity index (χ2n) is 8.74. The van der Waals surface area contributed by atoms with Crippen molar-refractivity contribution in [2.45, 2.75) is 46.3 Å². The SMILES string of the molecule is CC(C)[C@H](NC(=O)OC(C)(C)C)c1nc2cccc(Cl)c2c(=O)n1-c1cc(F)cc(F)c1. The molecule has 0 aliphatic carbocycles. The molecule has 0 fully saturated rings. The smallest absolute Gasteiger partial charge is 0.408 e. The summed E-state index contributed by atoms with van der Waals surface area (Å²) in [6.07, 6.45) is -0.714. The second-order valence-corrected chi connectivity index (χ2v) is 9.15. The first-order valence-electron chi connectivity index (χ1n) is 10.0. The Labute approximate surface area is 189 Å². The molecule has 0 saturated heterocycles. The summed E-state index contributed by atoms with van der Waals surface area (Å²) in [5.41, 5.74) is -1.14. The summed E-state index contributed by atoms with van der Waals surface area (Å²) in [5.74, 6) is -1.89. The average Bonchev–Trinajstić information content (AvgIpc) is 2.63. The summed E-state index contributed by atoms with van der Waals surface area (Å²) in [4.78, 5) is 30.6. The monoisotopic (exact) mass is 463 g/mol. The fourth-order valence-corrected chi connectivity index (χ4v) is 3.55. The Bertz CT molecular complexity index is 1220. The molecule has 1 heterocycles. The van der Waals surface area contributed by atoms with Crippen LogP contribution in [0, 0.1) is 17.6 Å². The average molecular weight is 464 g/mol. The first-order chi connectivity index (χ1) is 14.9. The Balaban J connectivity index is 2.30. The van der Waals surface area contributed by atoms with Crippen LogP contribution in [0.5, 0.6) is 0 Å². The van der Waals surface area contributed by atoms with Crippen molar-refractivity contribution < 1.29 is 18.3 Å². The van der Waals surface area contributed by atoms with E-state index in [4.69, 9.17) is 16.3 Å². The normalized spacial score (nSPS) is 12.8. The number of nitrogens with one attached hydrogen (secondary N) is 1. The second kappa shape index (κ2) is 8.86. The molecule has 1 N–H and O–H groups in total. The highest BCUT2D eigenvalue weighted by atomic mass is 35.5. The first-order valence-corrected chi connectivity index (χ1v) is 10.4. The molecule has 0 aliphatic rings. The van der Waals surface area contributed by atoms with E-state index in [9.17, 15) is 18.4 Å². The molecule has 170 valence electrons. The molecule has 0 spiro atoms. The van der Waals surface area contributed by atoms with Gasteiger partial charge in [-0.25, -0.2) is 18.6 Å². The maximum Gasteiger partial charge on any atom is 0.408 e. The number of hydrogen-bond donors (Lipinski definition) is 1. The Morgan fingerprint density at radius 2 is 1.78 bits per heavy atom. The quantitative estimate of drug-likeness (QED) is 0.551. The summed E-state index contributed by atoms with van der Waals surface area (Å²) in [7, 11) is 0. The van der Waals surface area contributed by atoms with Crippen molar-refractivity contribution in [3.05, 3.63) is 69.2 Å². The van der Waals surface area contributed by atoms with Gasteiger partial charge in [0, 0.05) is 6.07 Å². The van der Waals surface area contributed by atoms with E-state index in [-0.39, 0.29) is 27.8 Å². The molecule has 3 aromatic rings. The van der Waals surface area contributed by atoms with Gasteiger partial charge in [-0.15, -0.1) is 0 Å². The third-order valence-corrected chi connectivity index (χ3v) is 4.91. The fourth-order valence-electron chi connectivity index (χ4n) is 3.30. The van der Waals surface area contributed by atoms with E-state index in [1.54, 1.807) is 32.9 Å². The zero-order chi connectivity index (χ0) is 23.8. The van der Waals surface area contributed by atoms with Crippen molar-refractivity contribution in [3.8, 4) is 5.69 Å². The number of carbonyl (C=O) groups excluding carboxylic acids is 1. The van der Waals surface area contributed by atoms with E-state index in [2.05, 4.69) is 10.3 Å². The van der Waals surface area contributed by atoms with Gasteiger partial charge < -0.3 is 10.1 Å². The molecule has 0 radical (unpaired) electrons. The number of ether oxygens (including phenoxy) is 1. The van der Waals surface area contributed by atoms with Gasteiger partial charge >= 0.3 is 6.09 Å². The molecular weight excluding hydrogens is 440 g/mol. The fraction of sp³-hybridized carbons (Fsp3) is 0.348. The molecular formula is C23H24ClF2N3O3. The standard InChI is InChI=1S/C23H24ClF2N3O3/c1-12(2)19(28-22(31)32-23(3,4)5)20-27-17-8-6-7-16(24)18(17)21(30)29(20)15-10-13(25)9-14(26)11-15/h6-12,19H,1-5H3,(H,28,31)/t19-/m0/s1. The Morgan fingerprint density at radius 3 is 2.34 bits per heavy atom. The van der Waals surface area contributed by atoms with Crippen molar-refractivity contribution >= 4 is 28.6 Å². The largest absolute Gasteiger partial charge is 0.444 e. The summed E-state index contributed by atoms with van der Waals surface area (Å²) in [6.45, 7) is 8.79. The van der Waals surface area contributed by atoms with Crippen molar-refractivity contribution in [1.29, 1.82) is 0 Å². The number of rotatable bonds is 4. The van der Waals surface area contributed by atoms with E-state index in [1.807, 2.05) is 13.8 Å². The number of alkyl carbamates (subject to hydrolysis) is 1. The highest BCUT2D eigenvalue weighted by Gasteiger charge is 2.28. The summed E-state index contributed by atoms with van der Waals surface area (Å²) in [6, 6.07) is 6.70. The zero-order valence-corrected chi connectivity index (χ0v) is 19.1. The lowest BCUT2D eigenvalue weighted by Crippen LogP contribution is -2.40. The van der Waals surface area contributed by atoms with Gasteiger partial charge in [-0.1, -0.05) is 31.5 Å². The molecule has 9 heteroatoms. The Hall–Kier alpha value is -3.00. The number of hydrogen-bond acceptors (Lipinski definition) is 4. The molecule has 1 amide bonds. The van der Waals surface area contributed by atoms with Crippen LogP contribution in [0.25, 0.3) is 16.6 Å². The van der Waals surface area contributed by atoms with Crippen LogP contribution in [-0.2, 0) is 4.74 Å². The minimum Gasteiger partial charge on any atom is -0.444 e. The van der Waals surface area contributed by atoms with Crippen LogP contribution in [0.15, 0.2) is 41.2 Å². The maximum absolute atomic E-state index is 14.0. The van der Waals surface area contributed by atoms with Gasteiger partial charge in [-0.3, -0.25) is 9.36 Å². The van der Waals surface area contributed by atoms with Gasteiger partial charge in [0.05, 0.1) is 27.7 Å². The van der Waals surface area contributed by atoms with Gasteiger partial charge in [0.15, 0.2) is 0 Å². The summed E-state index contributed by atoms with van der Waals surface area (Å²) >= 11 is 6.24. The summed E-state index contributed by atoms with van der Waals surface area (Å²) < 4.78 is 34.5. The molecule has 0 saturated carbocycles. The van der Waals surface area contributed by atoms with Crippen molar-refractivity contribution in [1.82, 2.24) is 14.9 Å². The lowest BCUT2D eigenvalue weighted by molar-refractivity contribution is 0.0485. The molecule has 2 aromatic carbocycles. The first kappa shape index (κ1) is 23.7. The molecule has 0 unspecified atom stereocenters. The highest BCUT2D eigenvalue weighted by Crippen LogP contribution is 2.27. The number of nitrogens with zero attached hydrogens (tertiary/aromatic N) is 2. The number of fused-ring (bicyclic) bond motifs is 1.